The lowest BCUT2D eigenvalue weighted by Crippen LogP contribution is -2.07. The van der Waals surface area contributed by atoms with Crippen molar-refractivity contribution in [2.75, 3.05) is 20.8 Å². The van der Waals surface area contributed by atoms with E-state index in [-0.39, 0.29) is 11.8 Å². The highest BCUT2D eigenvalue weighted by Crippen LogP contribution is 2.36. The standard InChI is InChI=1S/C28H28FN3O3/c1-6-31-23-9-7-18(14-21(23)22-15-19(29)13-16(2)26(22)31)27-30-25-17(3)20(28(33)35-5)8-10-24(25)32(27)11-12-34-4/h7-10,13-15H,6,11-12H2,1-5H3. The first-order chi connectivity index (χ1) is 16.9. The zero-order valence-corrected chi connectivity index (χ0v) is 20.6. The number of methoxy groups -OCH3 is 2. The number of nitrogens with zero attached hydrogens (tertiary/aromatic N) is 3. The van der Waals surface area contributed by atoms with E-state index >= 15 is 0 Å². The van der Waals surface area contributed by atoms with Gasteiger partial charge in [0.15, 0.2) is 0 Å². The average Bonchev–Trinajstić information content (AvgIpc) is 3.38. The molecule has 0 amide bonds. The van der Waals surface area contributed by atoms with Gasteiger partial charge in [-0.1, -0.05) is 0 Å². The number of ether oxygens (including phenoxy) is 2. The van der Waals surface area contributed by atoms with Gasteiger partial charge in [0.1, 0.15) is 11.6 Å². The van der Waals surface area contributed by atoms with Crippen molar-refractivity contribution in [2.24, 2.45) is 0 Å². The van der Waals surface area contributed by atoms with Gasteiger partial charge in [-0.3, -0.25) is 0 Å². The molecule has 0 N–H and O–H groups in total. The van der Waals surface area contributed by atoms with Gasteiger partial charge in [-0.15, -0.1) is 0 Å². The summed E-state index contributed by atoms with van der Waals surface area (Å²) in [6, 6.07) is 13.1. The summed E-state index contributed by atoms with van der Waals surface area (Å²) < 4.78 is 29.1. The zero-order valence-electron chi connectivity index (χ0n) is 20.6. The first kappa shape index (κ1) is 23.1. The third-order valence-electron chi connectivity index (χ3n) is 6.79. The fourth-order valence-corrected chi connectivity index (χ4v) is 5.16. The van der Waals surface area contributed by atoms with Crippen molar-refractivity contribution >= 4 is 38.8 Å². The number of carbonyl (C=O) groups excluding carboxylic acids is 1. The number of benzene rings is 3. The lowest BCUT2D eigenvalue weighted by Gasteiger charge is -2.10. The molecule has 0 saturated carbocycles. The molecule has 0 spiro atoms. The van der Waals surface area contributed by atoms with Gasteiger partial charge in [0.2, 0.25) is 0 Å². The van der Waals surface area contributed by atoms with Crippen LogP contribution in [0.25, 0.3) is 44.2 Å². The third-order valence-corrected chi connectivity index (χ3v) is 6.79. The Morgan fingerprint density at radius 3 is 2.49 bits per heavy atom. The Hall–Kier alpha value is -3.71. The van der Waals surface area contributed by atoms with Crippen LogP contribution in [-0.2, 0) is 22.6 Å². The molecule has 0 bridgehead atoms. The minimum atomic E-state index is -0.386. The number of imidazole rings is 1. The Morgan fingerprint density at radius 2 is 1.77 bits per heavy atom. The predicted octanol–water partition coefficient (Wildman–Crippen LogP) is 6.02. The van der Waals surface area contributed by atoms with E-state index in [0.717, 1.165) is 61.9 Å². The summed E-state index contributed by atoms with van der Waals surface area (Å²) in [5.74, 6) is 0.145. The molecule has 0 saturated heterocycles. The normalized spacial score (nSPS) is 11.7. The summed E-state index contributed by atoms with van der Waals surface area (Å²) in [7, 11) is 3.04. The SMILES string of the molecule is CCn1c2ccc(-c3nc4c(C)c(C(=O)OC)ccc4n3CCOC)cc2c2cc(F)cc(C)c21. The minimum absolute atomic E-state index is 0.242. The molecule has 0 radical (unpaired) electrons. The lowest BCUT2D eigenvalue weighted by molar-refractivity contribution is 0.0600. The number of rotatable bonds is 6. The van der Waals surface area contributed by atoms with E-state index < -0.39 is 0 Å². The van der Waals surface area contributed by atoms with Gasteiger partial charge >= 0.3 is 5.97 Å². The molecule has 2 aromatic heterocycles. The number of hydrogen-bond donors (Lipinski definition) is 0. The second-order valence-electron chi connectivity index (χ2n) is 8.77. The van der Waals surface area contributed by atoms with E-state index in [4.69, 9.17) is 14.5 Å². The van der Waals surface area contributed by atoms with Crippen molar-refractivity contribution in [3.63, 3.8) is 0 Å². The summed E-state index contributed by atoms with van der Waals surface area (Å²) in [6.45, 7) is 7.83. The predicted molar refractivity (Wildman–Crippen MR) is 136 cm³/mol. The van der Waals surface area contributed by atoms with Crippen molar-refractivity contribution in [3.05, 3.63) is 65.0 Å². The van der Waals surface area contributed by atoms with Crippen molar-refractivity contribution in [3.8, 4) is 11.4 Å². The molecule has 2 heterocycles. The fraction of sp³-hybridized carbons (Fsp3) is 0.286. The molecule has 5 aromatic rings. The number of aryl methyl sites for hydroxylation is 3. The Balaban J connectivity index is 1.79. The number of hydrogen-bond acceptors (Lipinski definition) is 4. The van der Waals surface area contributed by atoms with Gasteiger partial charge in [0, 0.05) is 42.1 Å². The van der Waals surface area contributed by atoms with Crippen LogP contribution >= 0.6 is 0 Å². The van der Waals surface area contributed by atoms with Gasteiger partial charge in [0.25, 0.3) is 0 Å². The van der Waals surface area contributed by atoms with Crippen LogP contribution in [0, 0.1) is 19.7 Å². The summed E-state index contributed by atoms with van der Waals surface area (Å²) in [5.41, 5.74) is 6.87. The third kappa shape index (κ3) is 3.58. The maximum absolute atomic E-state index is 14.4. The van der Waals surface area contributed by atoms with Crippen molar-refractivity contribution in [1.82, 2.24) is 14.1 Å². The van der Waals surface area contributed by atoms with Gasteiger partial charge in [-0.2, -0.15) is 0 Å². The molecule has 7 heteroatoms. The number of fused-ring (bicyclic) bond motifs is 4. The molecular weight excluding hydrogens is 445 g/mol. The highest BCUT2D eigenvalue weighted by molar-refractivity contribution is 6.10. The van der Waals surface area contributed by atoms with E-state index in [2.05, 4.69) is 34.3 Å². The minimum Gasteiger partial charge on any atom is -0.465 e. The molecule has 3 aromatic carbocycles. The van der Waals surface area contributed by atoms with Gasteiger partial charge in [-0.25, -0.2) is 14.2 Å². The zero-order chi connectivity index (χ0) is 24.9. The first-order valence-corrected chi connectivity index (χ1v) is 11.7. The highest BCUT2D eigenvalue weighted by atomic mass is 19.1. The second kappa shape index (κ2) is 8.82. The number of halogens is 1. The van der Waals surface area contributed by atoms with Gasteiger partial charge in [-0.05, 0) is 74.4 Å². The smallest absolute Gasteiger partial charge is 0.338 e. The average molecular weight is 474 g/mol. The summed E-state index contributed by atoms with van der Waals surface area (Å²) in [5, 5.41) is 1.88. The molecule has 35 heavy (non-hydrogen) atoms. The van der Waals surface area contributed by atoms with Crippen molar-refractivity contribution in [1.29, 1.82) is 0 Å². The van der Waals surface area contributed by atoms with Crippen LogP contribution < -0.4 is 0 Å². The van der Waals surface area contributed by atoms with E-state index in [1.54, 1.807) is 25.3 Å². The van der Waals surface area contributed by atoms with Gasteiger partial charge in [0.05, 0.1) is 35.8 Å². The lowest BCUT2D eigenvalue weighted by atomic mass is 10.1. The maximum Gasteiger partial charge on any atom is 0.338 e. The quantitative estimate of drug-likeness (QED) is 0.283. The summed E-state index contributed by atoms with van der Waals surface area (Å²) in [4.78, 5) is 17.2. The fourth-order valence-electron chi connectivity index (χ4n) is 5.16. The summed E-state index contributed by atoms with van der Waals surface area (Å²) >= 11 is 0. The molecule has 0 aliphatic rings. The van der Waals surface area contributed by atoms with E-state index in [9.17, 15) is 9.18 Å². The van der Waals surface area contributed by atoms with Crippen molar-refractivity contribution < 1.29 is 18.7 Å². The Bertz CT molecular complexity index is 1610. The first-order valence-electron chi connectivity index (χ1n) is 11.7. The largest absolute Gasteiger partial charge is 0.465 e. The summed E-state index contributed by atoms with van der Waals surface area (Å²) in [6.07, 6.45) is 0. The molecule has 6 nitrogen and oxygen atoms in total. The van der Waals surface area contributed by atoms with Crippen LogP contribution in [-0.4, -0.2) is 40.9 Å². The second-order valence-corrected chi connectivity index (χ2v) is 8.77. The highest BCUT2D eigenvalue weighted by Gasteiger charge is 2.20. The van der Waals surface area contributed by atoms with E-state index in [1.165, 1.54) is 7.11 Å². The van der Waals surface area contributed by atoms with Gasteiger partial charge < -0.3 is 18.6 Å². The van der Waals surface area contributed by atoms with Crippen LogP contribution in [0.4, 0.5) is 4.39 Å². The van der Waals surface area contributed by atoms with Crippen molar-refractivity contribution in [2.45, 2.75) is 33.9 Å². The van der Waals surface area contributed by atoms with E-state index in [0.29, 0.717) is 18.7 Å². The maximum atomic E-state index is 14.4. The van der Waals surface area contributed by atoms with Crippen LogP contribution in [0.2, 0.25) is 0 Å². The van der Waals surface area contributed by atoms with E-state index in [1.807, 2.05) is 19.9 Å². The number of carbonyl (C=O) groups is 1. The molecular formula is C28H28FN3O3. The molecule has 0 aliphatic heterocycles. The molecule has 180 valence electrons. The molecule has 0 atom stereocenters. The van der Waals surface area contributed by atoms with Crippen LogP contribution in [0.5, 0.6) is 0 Å². The number of aromatic nitrogens is 3. The molecule has 0 fully saturated rings. The number of esters is 1. The Labute approximate surface area is 202 Å². The monoisotopic (exact) mass is 473 g/mol. The van der Waals surface area contributed by atoms with Crippen LogP contribution in [0.1, 0.15) is 28.4 Å². The topological polar surface area (TPSA) is 58.3 Å². The molecule has 0 aliphatic carbocycles. The van der Waals surface area contributed by atoms with Crippen LogP contribution in [0.15, 0.2) is 42.5 Å². The van der Waals surface area contributed by atoms with Crippen LogP contribution in [0.3, 0.4) is 0 Å². The molecule has 5 rings (SSSR count). The molecule has 0 unspecified atom stereocenters. The Morgan fingerprint density at radius 1 is 1.00 bits per heavy atom. The Kier molecular flexibility index (Phi) is 5.81.